The van der Waals surface area contributed by atoms with Crippen molar-refractivity contribution in [2.24, 2.45) is 5.16 Å². The van der Waals surface area contributed by atoms with Crippen molar-refractivity contribution in [1.82, 2.24) is 0 Å². The molecule has 0 fully saturated rings. The predicted molar refractivity (Wildman–Crippen MR) is 61.4 cm³/mol. The fourth-order valence-electron chi connectivity index (χ4n) is 1.82. The Labute approximate surface area is 98.6 Å². The molecule has 1 aromatic carbocycles. The number of ether oxygens (including phenoxy) is 1. The van der Waals surface area contributed by atoms with Crippen molar-refractivity contribution < 1.29 is 19.5 Å². The second-order valence-electron chi connectivity index (χ2n) is 3.73. The van der Waals surface area contributed by atoms with Gasteiger partial charge in [0.1, 0.15) is 5.75 Å². The molecule has 0 radical (unpaired) electrons. The third kappa shape index (κ3) is 2.55. The van der Waals surface area contributed by atoms with E-state index in [-0.39, 0.29) is 0 Å². The summed E-state index contributed by atoms with van der Waals surface area (Å²) in [5.41, 5.74) is 2.94. The van der Waals surface area contributed by atoms with E-state index in [0.717, 1.165) is 29.9 Å². The van der Waals surface area contributed by atoms with Gasteiger partial charge in [-0.25, -0.2) is 4.79 Å². The summed E-state index contributed by atoms with van der Waals surface area (Å²) < 4.78 is 5.14. The highest BCUT2D eigenvalue weighted by Crippen LogP contribution is 2.26. The molecule has 5 heteroatoms. The van der Waals surface area contributed by atoms with Crippen LogP contribution in [0, 0.1) is 0 Å². The maximum atomic E-state index is 10.3. The van der Waals surface area contributed by atoms with Gasteiger partial charge in [0, 0.05) is 5.56 Å². The van der Waals surface area contributed by atoms with E-state index >= 15 is 0 Å². The molecule has 17 heavy (non-hydrogen) atoms. The molecule has 0 saturated carbocycles. The quantitative estimate of drug-likeness (QED) is 0.802. The first-order valence-corrected chi connectivity index (χ1v) is 5.28. The maximum absolute atomic E-state index is 10.3. The topological polar surface area (TPSA) is 68.1 Å². The first-order valence-electron chi connectivity index (χ1n) is 5.28. The van der Waals surface area contributed by atoms with Gasteiger partial charge < -0.3 is 14.7 Å². The zero-order valence-electron chi connectivity index (χ0n) is 9.47. The van der Waals surface area contributed by atoms with Crippen molar-refractivity contribution in [2.45, 2.75) is 12.8 Å². The van der Waals surface area contributed by atoms with Crippen molar-refractivity contribution in [3.8, 4) is 5.75 Å². The molecule has 1 aliphatic rings. The van der Waals surface area contributed by atoms with Crippen molar-refractivity contribution >= 4 is 11.7 Å². The van der Waals surface area contributed by atoms with Crippen molar-refractivity contribution in [3.63, 3.8) is 0 Å². The Bertz CT molecular complexity index is 468. The standard InChI is InChI=1S/C12H13NO4/c1-16-9-4-2-8-3-5-11(10(8)6-9)13-17-7-12(14)15/h2,4,6H,3,5,7H2,1H3,(H,14,15). The number of benzene rings is 1. The number of nitrogens with zero attached hydrogens (tertiary/aromatic N) is 1. The maximum Gasteiger partial charge on any atom is 0.344 e. The lowest BCUT2D eigenvalue weighted by atomic mass is 10.1. The van der Waals surface area contributed by atoms with E-state index in [0.29, 0.717) is 0 Å². The van der Waals surface area contributed by atoms with Crippen LogP contribution in [0.2, 0.25) is 0 Å². The lowest BCUT2D eigenvalue weighted by molar-refractivity contribution is -0.142. The van der Waals surface area contributed by atoms with Crippen LogP contribution in [-0.4, -0.2) is 30.5 Å². The Morgan fingerprint density at radius 2 is 2.29 bits per heavy atom. The van der Waals surface area contributed by atoms with Gasteiger partial charge in [-0.3, -0.25) is 0 Å². The van der Waals surface area contributed by atoms with Gasteiger partial charge in [-0.05, 0) is 30.5 Å². The van der Waals surface area contributed by atoms with Crippen LogP contribution in [0.5, 0.6) is 5.75 Å². The number of carboxylic acid groups (broad SMARTS) is 1. The number of rotatable bonds is 4. The molecule has 0 spiro atoms. The smallest absolute Gasteiger partial charge is 0.344 e. The van der Waals surface area contributed by atoms with Crippen LogP contribution >= 0.6 is 0 Å². The van der Waals surface area contributed by atoms with Gasteiger partial charge >= 0.3 is 5.97 Å². The van der Waals surface area contributed by atoms with Crippen LogP contribution in [0.1, 0.15) is 17.5 Å². The number of hydrogen-bond donors (Lipinski definition) is 1. The number of methoxy groups -OCH3 is 1. The largest absolute Gasteiger partial charge is 0.497 e. The number of carbonyl (C=O) groups is 1. The molecule has 5 nitrogen and oxygen atoms in total. The molecule has 0 unspecified atom stereocenters. The molecule has 1 aromatic rings. The molecule has 0 aliphatic heterocycles. The Morgan fingerprint density at radius 1 is 1.47 bits per heavy atom. The number of aliphatic carboxylic acids is 1. The number of carboxylic acids is 1. The molecular weight excluding hydrogens is 222 g/mol. The summed E-state index contributed by atoms with van der Waals surface area (Å²) in [4.78, 5) is 15.1. The van der Waals surface area contributed by atoms with Gasteiger partial charge in [-0.15, -0.1) is 0 Å². The summed E-state index contributed by atoms with van der Waals surface area (Å²) in [5, 5.41) is 12.3. The highest BCUT2D eigenvalue weighted by Gasteiger charge is 2.19. The number of oxime groups is 1. The van der Waals surface area contributed by atoms with Gasteiger partial charge in [0.05, 0.1) is 12.8 Å². The average molecular weight is 235 g/mol. The van der Waals surface area contributed by atoms with Gasteiger partial charge in [0.2, 0.25) is 6.61 Å². The van der Waals surface area contributed by atoms with Crippen LogP contribution in [0.25, 0.3) is 0 Å². The molecular formula is C12H13NO4. The highest BCUT2D eigenvalue weighted by atomic mass is 16.6. The van der Waals surface area contributed by atoms with E-state index in [4.69, 9.17) is 14.7 Å². The van der Waals surface area contributed by atoms with E-state index in [1.807, 2.05) is 18.2 Å². The van der Waals surface area contributed by atoms with Crippen LogP contribution < -0.4 is 4.74 Å². The molecule has 0 bridgehead atoms. The van der Waals surface area contributed by atoms with E-state index in [1.54, 1.807) is 7.11 Å². The van der Waals surface area contributed by atoms with Gasteiger partial charge in [0.15, 0.2) is 0 Å². The third-order valence-corrected chi connectivity index (χ3v) is 2.62. The molecule has 0 atom stereocenters. The van der Waals surface area contributed by atoms with Crippen molar-refractivity contribution in [2.75, 3.05) is 13.7 Å². The lowest BCUT2D eigenvalue weighted by Crippen LogP contribution is -2.05. The fourth-order valence-corrected chi connectivity index (χ4v) is 1.82. The Morgan fingerprint density at radius 3 is 3.00 bits per heavy atom. The Hall–Kier alpha value is -2.04. The van der Waals surface area contributed by atoms with Gasteiger partial charge in [0.25, 0.3) is 0 Å². The first kappa shape index (κ1) is 11.4. The molecule has 0 saturated heterocycles. The summed E-state index contributed by atoms with van der Waals surface area (Å²) in [6, 6.07) is 5.79. The van der Waals surface area contributed by atoms with Gasteiger partial charge in [-0.1, -0.05) is 11.2 Å². The van der Waals surface area contributed by atoms with Crippen LogP contribution in [0.3, 0.4) is 0 Å². The average Bonchev–Trinajstić information content (AvgIpc) is 2.71. The minimum absolute atomic E-state index is 0.414. The normalized spacial score (nSPS) is 15.7. The second kappa shape index (κ2) is 4.86. The highest BCUT2D eigenvalue weighted by molar-refractivity contribution is 6.04. The fraction of sp³-hybridized carbons (Fsp3) is 0.333. The molecule has 0 amide bonds. The third-order valence-electron chi connectivity index (χ3n) is 2.62. The van der Waals surface area contributed by atoms with Gasteiger partial charge in [-0.2, -0.15) is 0 Å². The molecule has 90 valence electrons. The zero-order chi connectivity index (χ0) is 12.3. The van der Waals surface area contributed by atoms with E-state index in [2.05, 4.69) is 5.16 Å². The number of fused-ring (bicyclic) bond motifs is 1. The molecule has 1 N–H and O–H groups in total. The van der Waals surface area contributed by atoms with E-state index in [1.165, 1.54) is 5.56 Å². The summed E-state index contributed by atoms with van der Waals surface area (Å²) in [5.74, 6) is -0.269. The summed E-state index contributed by atoms with van der Waals surface area (Å²) >= 11 is 0. The molecule has 1 aliphatic carbocycles. The molecule has 0 aromatic heterocycles. The minimum Gasteiger partial charge on any atom is -0.497 e. The minimum atomic E-state index is -1.03. The first-order chi connectivity index (χ1) is 8.20. The van der Waals surface area contributed by atoms with E-state index in [9.17, 15) is 4.79 Å². The Kier molecular flexibility index (Phi) is 3.27. The molecule has 2 rings (SSSR count). The second-order valence-corrected chi connectivity index (χ2v) is 3.73. The van der Waals surface area contributed by atoms with Crippen molar-refractivity contribution in [3.05, 3.63) is 29.3 Å². The summed E-state index contributed by atoms with van der Waals surface area (Å²) in [6.45, 7) is -0.414. The van der Waals surface area contributed by atoms with Crippen molar-refractivity contribution in [1.29, 1.82) is 0 Å². The predicted octanol–water partition coefficient (Wildman–Crippen LogP) is 1.45. The van der Waals surface area contributed by atoms with Crippen LogP contribution in [0.4, 0.5) is 0 Å². The SMILES string of the molecule is COc1ccc2c(c1)C(=NOCC(=O)O)CC2. The summed E-state index contributed by atoms with van der Waals surface area (Å²) in [6.07, 6.45) is 1.66. The summed E-state index contributed by atoms with van der Waals surface area (Å²) in [7, 11) is 1.61. The monoisotopic (exact) mass is 235 g/mol. The number of hydrogen-bond acceptors (Lipinski definition) is 4. The lowest BCUT2D eigenvalue weighted by Gasteiger charge is -2.04. The zero-order valence-corrected chi connectivity index (χ0v) is 9.47. The molecule has 0 heterocycles. The number of aryl methyl sites for hydroxylation is 1. The van der Waals surface area contributed by atoms with Crippen LogP contribution in [0.15, 0.2) is 23.4 Å². The van der Waals surface area contributed by atoms with E-state index < -0.39 is 12.6 Å². The Balaban J connectivity index is 2.17. The van der Waals surface area contributed by atoms with Crippen LogP contribution in [-0.2, 0) is 16.1 Å².